The summed E-state index contributed by atoms with van der Waals surface area (Å²) >= 11 is 0. The lowest BCUT2D eigenvalue weighted by Crippen LogP contribution is -2.06. The van der Waals surface area contributed by atoms with Gasteiger partial charge in [0, 0.05) is 18.8 Å². The zero-order valence-corrected chi connectivity index (χ0v) is 11.6. The Morgan fingerprint density at radius 3 is 2.74 bits per heavy atom. The van der Waals surface area contributed by atoms with Crippen LogP contribution in [0.4, 0.5) is 13.2 Å². The van der Waals surface area contributed by atoms with Crippen LogP contribution in [0.5, 0.6) is 0 Å². The molecule has 0 radical (unpaired) electrons. The third-order valence-corrected chi connectivity index (χ3v) is 2.98. The zero-order valence-electron chi connectivity index (χ0n) is 11.6. The van der Waals surface area contributed by atoms with Crippen LogP contribution in [0.3, 0.4) is 0 Å². The summed E-state index contributed by atoms with van der Waals surface area (Å²) in [6.45, 7) is 0. The Labute approximate surface area is 125 Å². The Hall–Kier alpha value is -2.98. The number of halogens is 3. The van der Waals surface area contributed by atoms with E-state index in [1.54, 1.807) is 0 Å². The molecule has 0 amide bonds. The van der Waals surface area contributed by atoms with Crippen molar-refractivity contribution in [2.75, 3.05) is 0 Å². The van der Waals surface area contributed by atoms with Crippen molar-refractivity contribution in [3.8, 4) is 11.5 Å². The van der Waals surface area contributed by atoms with Gasteiger partial charge in [0.2, 0.25) is 11.7 Å². The molecule has 3 heterocycles. The largest absolute Gasteiger partial charge is 0.435 e. The van der Waals surface area contributed by atoms with Gasteiger partial charge in [-0.2, -0.15) is 28.4 Å². The van der Waals surface area contributed by atoms with Gasteiger partial charge in [-0.25, -0.2) is 5.10 Å². The molecule has 3 rings (SSSR count). The number of nitrogens with zero attached hydrogens (tertiary/aromatic N) is 5. The average molecular weight is 326 g/mol. The van der Waals surface area contributed by atoms with Crippen molar-refractivity contribution >= 4 is 0 Å². The molecule has 0 aliphatic rings. The van der Waals surface area contributed by atoms with Crippen molar-refractivity contribution in [3.05, 3.63) is 45.8 Å². The van der Waals surface area contributed by atoms with Crippen LogP contribution in [0, 0.1) is 0 Å². The van der Waals surface area contributed by atoms with E-state index >= 15 is 0 Å². The minimum absolute atomic E-state index is 0.0179. The van der Waals surface area contributed by atoms with Crippen molar-refractivity contribution in [3.63, 3.8) is 0 Å². The maximum absolute atomic E-state index is 12.6. The SMILES string of the molecule is Cn1nc(C(F)(F)F)cc1Cc1nc(-c2ccc(=O)[nH]n2)no1. The number of aromatic amines is 1. The number of hydrogen-bond acceptors (Lipinski definition) is 6. The van der Waals surface area contributed by atoms with E-state index in [-0.39, 0.29) is 35.1 Å². The Morgan fingerprint density at radius 2 is 2.13 bits per heavy atom. The van der Waals surface area contributed by atoms with Crippen LogP contribution in [0.15, 0.2) is 27.5 Å². The average Bonchev–Trinajstić information content (AvgIpc) is 3.08. The molecule has 3 aromatic heterocycles. The first-order valence-corrected chi connectivity index (χ1v) is 6.32. The number of H-pyrrole nitrogens is 1. The van der Waals surface area contributed by atoms with Crippen LogP contribution in [0.25, 0.3) is 11.5 Å². The van der Waals surface area contributed by atoms with Gasteiger partial charge >= 0.3 is 6.18 Å². The molecule has 0 saturated heterocycles. The summed E-state index contributed by atoms with van der Waals surface area (Å²) < 4.78 is 43.9. The van der Waals surface area contributed by atoms with Crippen LogP contribution in [-0.2, 0) is 19.6 Å². The normalized spacial score (nSPS) is 11.8. The molecular weight excluding hydrogens is 317 g/mol. The molecule has 0 saturated carbocycles. The van der Waals surface area contributed by atoms with Gasteiger partial charge in [0.05, 0.1) is 6.42 Å². The van der Waals surface area contributed by atoms with E-state index in [9.17, 15) is 18.0 Å². The molecule has 0 unspecified atom stereocenters. The van der Waals surface area contributed by atoms with Crippen LogP contribution < -0.4 is 5.56 Å². The second kappa shape index (κ2) is 5.34. The molecule has 0 bridgehead atoms. The number of nitrogens with one attached hydrogen (secondary N) is 1. The highest BCUT2D eigenvalue weighted by atomic mass is 19.4. The van der Waals surface area contributed by atoms with Gasteiger partial charge in [0.15, 0.2) is 5.69 Å². The quantitative estimate of drug-likeness (QED) is 0.775. The number of rotatable bonds is 3. The predicted molar refractivity (Wildman–Crippen MR) is 69.2 cm³/mol. The first-order chi connectivity index (χ1) is 10.8. The fourth-order valence-corrected chi connectivity index (χ4v) is 1.86. The minimum Gasteiger partial charge on any atom is -0.338 e. The number of aromatic nitrogens is 6. The first kappa shape index (κ1) is 14.9. The fraction of sp³-hybridized carbons (Fsp3) is 0.250. The molecule has 120 valence electrons. The summed E-state index contributed by atoms with van der Waals surface area (Å²) in [5.41, 5.74) is -0.827. The van der Waals surface area contributed by atoms with E-state index in [4.69, 9.17) is 4.52 Å². The highest BCUT2D eigenvalue weighted by Gasteiger charge is 2.34. The van der Waals surface area contributed by atoms with E-state index in [0.717, 1.165) is 10.7 Å². The van der Waals surface area contributed by atoms with Crippen LogP contribution in [0.1, 0.15) is 17.3 Å². The van der Waals surface area contributed by atoms with Crippen LogP contribution >= 0.6 is 0 Å². The molecule has 0 fully saturated rings. The second-order valence-electron chi connectivity index (χ2n) is 4.64. The van der Waals surface area contributed by atoms with Crippen molar-refractivity contribution < 1.29 is 17.7 Å². The van der Waals surface area contributed by atoms with Crippen molar-refractivity contribution in [1.29, 1.82) is 0 Å². The molecule has 0 aromatic carbocycles. The van der Waals surface area contributed by atoms with Gasteiger partial charge in [-0.1, -0.05) is 5.16 Å². The van der Waals surface area contributed by atoms with Crippen molar-refractivity contribution in [2.45, 2.75) is 12.6 Å². The van der Waals surface area contributed by atoms with Gasteiger partial charge in [0.1, 0.15) is 5.69 Å². The van der Waals surface area contributed by atoms with Gasteiger partial charge < -0.3 is 4.52 Å². The summed E-state index contributed by atoms with van der Waals surface area (Å²) in [6, 6.07) is 3.57. The van der Waals surface area contributed by atoms with Gasteiger partial charge in [-0.15, -0.1) is 0 Å². The summed E-state index contributed by atoms with van der Waals surface area (Å²) in [5, 5.41) is 13.0. The van der Waals surface area contributed by atoms with Gasteiger partial charge in [-0.3, -0.25) is 9.48 Å². The van der Waals surface area contributed by atoms with Crippen LogP contribution in [-0.4, -0.2) is 30.1 Å². The molecule has 0 spiro atoms. The Kier molecular flexibility index (Phi) is 3.47. The number of aryl methyl sites for hydroxylation is 1. The molecule has 0 atom stereocenters. The van der Waals surface area contributed by atoms with Crippen molar-refractivity contribution in [2.24, 2.45) is 7.05 Å². The Balaban J connectivity index is 1.83. The summed E-state index contributed by atoms with van der Waals surface area (Å²) in [5.74, 6) is 0.221. The Bertz CT molecular complexity index is 874. The lowest BCUT2D eigenvalue weighted by molar-refractivity contribution is -0.141. The van der Waals surface area contributed by atoms with Gasteiger partial charge in [0.25, 0.3) is 5.56 Å². The monoisotopic (exact) mass is 326 g/mol. The lowest BCUT2D eigenvalue weighted by Gasteiger charge is -1.99. The molecule has 23 heavy (non-hydrogen) atoms. The van der Waals surface area contributed by atoms with E-state index in [1.165, 1.54) is 19.2 Å². The highest BCUT2D eigenvalue weighted by molar-refractivity contribution is 5.46. The summed E-state index contributed by atoms with van der Waals surface area (Å²) in [6.07, 6.45) is -4.54. The molecule has 11 heteroatoms. The van der Waals surface area contributed by atoms with E-state index in [1.807, 2.05) is 0 Å². The highest BCUT2D eigenvalue weighted by Crippen LogP contribution is 2.28. The summed E-state index contributed by atoms with van der Waals surface area (Å²) in [4.78, 5) is 15.0. The molecule has 0 aliphatic heterocycles. The second-order valence-corrected chi connectivity index (χ2v) is 4.64. The zero-order chi connectivity index (χ0) is 16.6. The smallest absolute Gasteiger partial charge is 0.338 e. The standard InChI is InChI=1S/C12H9F3N6O2/c1-21-6(4-8(19-21)12(13,14)15)5-10-16-11(20-23-10)7-2-3-9(22)18-17-7/h2-4H,5H2,1H3,(H,18,22). The Morgan fingerprint density at radius 1 is 1.35 bits per heavy atom. The van der Waals surface area contributed by atoms with Crippen LogP contribution in [0.2, 0.25) is 0 Å². The van der Waals surface area contributed by atoms with Gasteiger partial charge in [-0.05, 0) is 12.1 Å². The third-order valence-electron chi connectivity index (χ3n) is 2.98. The number of alkyl halides is 3. The molecule has 8 nitrogen and oxygen atoms in total. The number of hydrogen-bond donors (Lipinski definition) is 1. The van der Waals surface area contributed by atoms with E-state index in [0.29, 0.717) is 0 Å². The molecule has 3 aromatic rings. The third kappa shape index (κ3) is 3.12. The predicted octanol–water partition coefficient (Wildman–Crippen LogP) is 1.16. The topological polar surface area (TPSA) is 102 Å². The maximum Gasteiger partial charge on any atom is 0.435 e. The maximum atomic E-state index is 12.6. The molecule has 1 N–H and O–H groups in total. The lowest BCUT2D eigenvalue weighted by atomic mass is 10.2. The van der Waals surface area contributed by atoms with E-state index < -0.39 is 11.9 Å². The minimum atomic E-state index is -4.52. The summed E-state index contributed by atoms with van der Waals surface area (Å²) in [7, 11) is 1.39. The molecule has 0 aliphatic carbocycles. The van der Waals surface area contributed by atoms with Crippen molar-refractivity contribution in [1.82, 2.24) is 30.1 Å². The fourth-order valence-electron chi connectivity index (χ4n) is 1.86. The first-order valence-electron chi connectivity index (χ1n) is 6.32. The molecular formula is C12H9F3N6O2. The van der Waals surface area contributed by atoms with E-state index in [2.05, 4.69) is 25.4 Å².